The lowest BCUT2D eigenvalue weighted by Crippen LogP contribution is -2.15. The van der Waals surface area contributed by atoms with E-state index in [0.717, 1.165) is 49.5 Å². The number of hydrogen-bond donors (Lipinski definition) is 0. The molecule has 0 atom stereocenters. The Morgan fingerprint density at radius 3 is 0.911 bits per heavy atom. The quantitative estimate of drug-likeness (QED) is 0.220. The van der Waals surface area contributed by atoms with Gasteiger partial charge < -0.3 is 0 Å². The van der Waals surface area contributed by atoms with Crippen LogP contribution in [0.4, 0.5) is 0 Å². The molecule has 4 aromatic heterocycles. The molecule has 0 saturated heterocycles. The number of pyridine rings is 3. The summed E-state index contributed by atoms with van der Waals surface area (Å²) < 4.78 is 0. The van der Waals surface area contributed by atoms with E-state index in [0.29, 0.717) is 34.6 Å². The summed E-state index contributed by atoms with van der Waals surface area (Å²) in [7, 11) is 0. The van der Waals surface area contributed by atoms with Gasteiger partial charge in [0.2, 0.25) is 0 Å². The highest BCUT2D eigenvalue weighted by molar-refractivity contribution is 8.15. The van der Waals surface area contributed by atoms with Crippen LogP contribution < -0.4 is 0 Å². The standard InChI is InChI=1S/C33H33N9S3/c1-31(2)16-43-28(40-31)22-13-7-10-19(34-22)25-37-26(20-11-8-14-23(35-20)29-41-32(3,4)17-44-29)39-27(38-25)21-12-9-15-24(36-21)30-42-33(5,6)18-45-30/h7-15H,16-18H2,1-6H3. The summed E-state index contributed by atoms with van der Waals surface area (Å²) in [5, 5.41) is 2.78. The van der Waals surface area contributed by atoms with Crippen LogP contribution in [0.2, 0.25) is 0 Å². The van der Waals surface area contributed by atoms with Crippen molar-refractivity contribution in [1.82, 2.24) is 29.9 Å². The summed E-state index contributed by atoms with van der Waals surface area (Å²) in [6.45, 7) is 12.8. The van der Waals surface area contributed by atoms with Crippen LogP contribution in [-0.4, -0.2) is 78.9 Å². The normalized spacial score (nSPS) is 19.7. The van der Waals surface area contributed by atoms with Crippen molar-refractivity contribution < 1.29 is 0 Å². The van der Waals surface area contributed by atoms with E-state index < -0.39 is 0 Å². The first-order valence-electron chi connectivity index (χ1n) is 14.8. The zero-order valence-electron chi connectivity index (χ0n) is 26.1. The highest BCUT2D eigenvalue weighted by Crippen LogP contribution is 2.33. The van der Waals surface area contributed by atoms with Gasteiger partial charge in [0.1, 0.15) is 32.2 Å². The smallest absolute Gasteiger partial charge is 0.182 e. The van der Waals surface area contributed by atoms with Crippen LogP contribution in [0, 0.1) is 0 Å². The van der Waals surface area contributed by atoms with Gasteiger partial charge in [-0.2, -0.15) is 0 Å². The number of rotatable bonds is 6. The van der Waals surface area contributed by atoms with Crippen molar-refractivity contribution in [3.05, 3.63) is 71.7 Å². The fourth-order valence-corrected chi connectivity index (χ4v) is 8.28. The minimum atomic E-state index is -0.118. The average Bonchev–Trinajstić information content (AvgIpc) is 3.71. The minimum Gasteiger partial charge on any atom is -0.269 e. The van der Waals surface area contributed by atoms with Crippen LogP contribution in [-0.2, 0) is 0 Å². The van der Waals surface area contributed by atoms with Gasteiger partial charge in [-0.05, 0) is 77.9 Å². The Morgan fingerprint density at radius 1 is 0.400 bits per heavy atom. The summed E-state index contributed by atoms with van der Waals surface area (Å²) in [6, 6.07) is 17.6. The Bertz CT molecular complexity index is 1680. The van der Waals surface area contributed by atoms with Gasteiger partial charge in [0.15, 0.2) is 17.5 Å². The summed E-state index contributed by atoms with van der Waals surface area (Å²) in [5.41, 5.74) is 3.97. The van der Waals surface area contributed by atoms with E-state index in [1.165, 1.54) is 0 Å². The number of nitrogens with zero attached hydrogens (tertiary/aromatic N) is 9. The molecule has 0 aliphatic carbocycles. The largest absolute Gasteiger partial charge is 0.269 e. The van der Waals surface area contributed by atoms with Crippen molar-refractivity contribution in [3.63, 3.8) is 0 Å². The number of aromatic nitrogens is 6. The third-order valence-electron chi connectivity index (χ3n) is 7.13. The van der Waals surface area contributed by atoms with Crippen molar-refractivity contribution >= 4 is 50.4 Å². The second-order valence-electron chi connectivity index (χ2n) is 13.1. The molecule has 12 heteroatoms. The molecule has 7 rings (SSSR count). The molecule has 4 aromatic rings. The van der Waals surface area contributed by atoms with Gasteiger partial charge >= 0.3 is 0 Å². The van der Waals surface area contributed by atoms with Crippen LogP contribution in [0.25, 0.3) is 34.6 Å². The molecule has 9 nitrogen and oxygen atoms in total. The molecule has 0 bridgehead atoms. The Hall–Kier alpha value is -3.48. The predicted octanol–water partition coefficient (Wildman–Crippen LogP) is 6.87. The lowest BCUT2D eigenvalue weighted by atomic mass is 10.1. The molecule has 0 spiro atoms. The average molecular weight is 652 g/mol. The van der Waals surface area contributed by atoms with Crippen LogP contribution in [0.3, 0.4) is 0 Å². The topological polar surface area (TPSA) is 114 Å². The summed E-state index contributed by atoms with van der Waals surface area (Å²) in [4.78, 5) is 44.3. The minimum absolute atomic E-state index is 0.118. The first-order valence-corrected chi connectivity index (χ1v) is 17.8. The van der Waals surface area contributed by atoms with Crippen molar-refractivity contribution in [2.45, 2.75) is 58.2 Å². The fraction of sp³-hybridized carbons (Fsp3) is 0.364. The molecule has 3 aliphatic rings. The highest BCUT2D eigenvalue weighted by atomic mass is 32.2. The molecule has 0 amide bonds. The van der Waals surface area contributed by atoms with Gasteiger partial charge in [-0.1, -0.05) is 18.2 Å². The molecule has 0 aromatic carbocycles. The lowest BCUT2D eigenvalue weighted by Gasteiger charge is -2.10. The maximum atomic E-state index is 4.96. The molecule has 0 saturated carbocycles. The zero-order chi connectivity index (χ0) is 31.4. The molecular formula is C33H33N9S3. The maximum absolute atomic E-state index is 4.96. The lowest BCUT2D eigenvalue weighted by molar-refractivity contribution is 0.604. The molecule has 0 radical (unpaired) electrons. The Kier molecular flexibility index (Phi) is 7.65. The van der Waals surface area contributed by atoms with E-state index in [-0.39, 0.29) is 16.6 Å². The van der Waals surface area contributed by atoms with Gasteiger partial charge in [-0.25, -0.2) is 29.9 Å². The monoisotopic (exact) mass is 651 g/mol. The SMILES string of the molecule is CC1(C)CSC(c2cccc(-c3nc(-c4cccc(C5=NC(C)(C)CS5)n4)nc(-c4cccc(C5=NC(C)(C)CS5)n4)n3)n2)=N1. The predicted molar refractivity (Wildman–Crippen MR) is 189 cm³/mol. The highest BCUT2D eigenvalue weighted by Gasteiger charge is 2.29. The van der Waals surface area contributed by atoms with Crippen LogP contribution >= 0.6 is 35.3 Å². The van der Waals surface area contributed by atoms with E-state index in [4.69, 9.17) is 44.9 Å². The van der Waals surface area contributed by atoms with Gasteiger partial charge in [0.05, 0.1) is 33.7 Å². The third kappa shape index (κ3) is 6.59. The fourth-order valence-electron chi connectivity index (χ4n) is 4.90. The first-order chi connectivity index (χ1) is 21.4. The number of hydrogen-bond acceptors (Lipinski definition) is 12. The molecule has 0 unspecified atom stereocenters. The molecule has 0 fully saturated rings. The maximum Gasteiger partial charge on any atom is 0.182 e. The van der Waals surface area contributed by atoms with Gasteiger partial charge in [0.25, 0.3) is 0 Å². The van der Waals surface area contributed by atoms with Crippen molar-refractivity contribution in [2.24, 2.45) is 15.0 Å². The molecule has 45 heavy (non-hydrogen) atoms. The van der Waals surface area contributed by atoms with Crippen LogP contribution in [0.5, 0.6) is 0 Å². The van der Waals surface area contributed by atoms with Crippen LogP contribution in [0.15, 0.2) is 69.6 Å². The molecule has 7 heterocycles. The summed E-state index contributed by atoms with van der Waals surface area (Å²) in [5.74, 6) is 4.09. The van der Waals surface area contributed by atoms with E-state index in [1.54, 1.807) is 35.3 Å². The first kappa shape index (κ1) is 30.2. The van der Waals surface area contributed by atoms with Gasteiger partial charge in [-0.3, -0.25) is 15.0 Å². The van der Waals surface area contributed by atoms with E-state index in [2.05, 4.69) is 41.5 Å². The van der Waals surface area contributed by atoms with Gasteiger partial charge in [0, 0.05) is 17.3 Å². The van der Waals surface area contributed by atoms with Gasteiger partial charge in [-0.15, -0.1) is 35.3 Å². The Balaban J connectivity index is 1.34. The van der Waals surface area contributed by atoms with Crippen molar-refractivity contribution in [3.8, 4) is 34.6 Å². The van der Waals surface area contributed by atoms with E-state index >= 15 is 0 Å². The Labute approximate surface area is 275 Å². The molecule has 0 N–H and O–H groups in total. The Morgan fingerprint density at radius 2 is 0.667 bits per heavy atom. The summed E-state index contributed by atoms with van der Waals surface area (Å²) in [6.07, 6.45) is 0. The number of aliphatic imine (C=N–C) groups is 3. The molecular weight excluding hydrogens is 619 g/mol. The van der Waals surface area contributed by atoms with Crippen molar-refractivity contribution in [1.29, 1.82) is 0 Å². The van der Waals surface area contributed by atoms with E-state index in [9.17, 15) is 0 Å². The van der Waals surface area contributed by atoms with Crippen molar-refractivity contribution in [2.75, 3.05) is 17.3 Å². The molecule has 3 aliphatic heterocycles. The second kappa shape index (κ2) is 11.4. The number of thioether (sulfide) groups is 3. The van der Waals surface area contributed by atoms with Crippen LogP contribution in [0.1, 0.15) is 58.6 Å². The third-order valence-corrected chi connectivity index (χ3v) is 11.4. The van der Waals surface area contributed by atoms with E-state index in [1.807, 2.05) is 54.6 Å². The second-order valence-corrected chi connectivity index (χ2v) is 16.0. The molecule has 228 valence electrons. The summed E-state index contributed by atoms with van der Waals surface area (Å²) >= 11 is 5.16. The zero-order valence-corrected chi connectivity index (χ0v) is 28.5.